The molecule has 0 saturated carbocycles. The number of nitrogens with zero attached hydrogens (tertiary/aromatic N) is 1. The highest BCUT2D eigenvalue weighted by atomic mass is 35.5. The maximum Gasteiger partial charge on any atom is 0.186 e. The molecule has 1 aliphatic rings. The lowest BCUT2D eigenvalue weighted by atomic mass is 9.92. The molecule has 4 heteroatoms. The lowest BCUT2D eigenvalue weighted by Gasteiger charge is -2.37. The van der Waals surface area contributed by atoms with Gasteiger partial charge in [0.2, 0.25) is 0 Å². The molecule has 2 rings (SSSR count). The molecule has 0 aromatic carbocycles. The maximum absolute atomic E-state index is 12.1. The van der Waals surface area contributed by atoms with Gasteiger partial charge in [0.1, 0.15) is 0 Å². The first kappa shape index (κ1) is 13.1. The summed E-state index contributed by atoms with van der Waals surface area (Å²) in [5, 5.41) is 0. The highest BCUT2D eigenvalue weighted by Gasteiger charge is 2.26. The number of halogens is 1. The molecular formula is C13H18ClNOS. The number of likely N-dealkylation sites (tertiary alicyclic amines) is 1. The lowest BCUT2D eigenvalue weighted by molar-refractivity contribution is 0.0783. The number of ketones is 1. The van der Waals surface area contributed by atoms with Gasteiger partial charge in [-0.25, -0.2) is 0 Å². The average molecular weight is 272 g/mol. The van der Waals surface area contributed by atoms with Gasteiger partial charge >= 0.3 is 0 Å². The van der Waals surface area contributed by atoms with Crippen LogP contribution >= 0.6 is 22.9 Å². The molecule has 1 fully saturated rings. The van der Waals surface area contributed by atoms with Crippen molar-refractivity contribution in [3.8, 4) is 0 Å². The number of Topliss-reactive ketones (excluding diaryl/α,β-unsaturated/α-hetero) is 1. The normalized spacial score (nSPS) is 26.1. The second kappa shape index (κ2) is 5.51. The van der Waals surface area contributed by atoms with Gasteiger partial charge in [0, 0.05) is 6.04 Å². The Morgan fingerprint density at radius 3 is 2.94 bits per heavy atom. The van der Waals surface area contributed by atoms with Gasteiger partial charge in [0.05, 0.1) is 15.8 Å². The quantitative estimate of drug-likeness (QED) is 0.781. The van der Waals surface area contributed by atoms with E-state index in [0.29, 0.717) is 22.8 Å². The monoisotopic (exact) mass is 271 g/mol. The van der Waals surface area contributed by atoms with Crippen LogP contribution in [0.3, 0.4) is 0 Å². The van der Waals surface area contributed by atoms with Gasteiger partial charge in [-0.15, -0.1) is 11.3 Å². The summed E-state index contributed by atoms with van der Waals surface area (Å²) in [7, 11) is 0. The van der Waals surface area contributed by atoms with E-state index < -0.39 is 0 Å². The maximum atomic E-state index is 12.1. The lowest BCUT2D eigenvalue weighted by Crippen LogP contribution is -2.44. The molecule has 2 unspecified atom stereocenters. The van der Waals surface area contributed by atoms with E-state index in [1.54, 1.807) is 6.07 Å². The second-order valence-electron chi connectivity index (χ2n) is 4.86. The third kappa shape index (κ3) is 3.09. The molecule has 1 aliphatic heterocycles. The minimum absolute atomic E-state index is 0.197. The van der Waals surface area contributed by atoms with Gasteiger partial charge in [-0.05, 0) is 44.4 Å². The van der Waals surface area contributed by atoms with Gasteiger partial charge in [-0.3, -0.25) is 9.69 Å². The number of hydrogen-bond donors (Lipinski definition) is 0. The van der Waals surface area contributed by atoms with Crippen LogP contribution in [-0.4, -0.2) is 29.8 Å². The molecule has 0 N–H and O–H groups in total. The first-order valence-electron chi connectivity index (χ1n) is 6.10. The number of carbonyl (C=O) groups excluding carboxylic acids is 1. The van der Waals surface area contributed by atoms with Gasteiger partial charge in [-0.1, -0.05) is 18.5 Å². The summed E-state index contributed by atoms with van der Waals surface area (Å²) >= 11 is 7.23. The van der Waals surface area contributed by atoms with Crippen molar-refractivity contribution in [2.45, 2.75) is 32.7 Å². The van der Waals surface area contributed by atoms with E-state index in [-0.39, 0.29) is 5.78 Å². The molecule has 2 nitrogen and oxygen atoms in total. The van der Waals surface area contributed by atoms with E-state index in [0.717, 1.165) is 11.4 Å². The van der Waals surface area contributed by atoms with Crippen LogP contribution in [0.4, 0.5) is 0 Å². The van der Waals surface area contributed by atoms with Crippen molar-refractivity contribution in [2.24, 2.45) is 5.92 Å². The molecule has 0 amide bonds. The second-order valence-corrected chi connectivity index (χ2v) is 6.57. The Morgan fingerprint density at radius 2 is 2.29 bits per heavy atom. The van der Waals surface area contributed by atoms with Crippen molar-refractivity contribution in [1.82, 2.24) is 4.90 Å². The van der Waals surface area contributed by atoms with Crippen LogP contribution in [0.15, 0.2) is 12.1 Å². The van der Waals surface area contributed by atoms with Gasteiger partial charge in [0.15, 0.2) is 5.78 Å². The molecule has 2 atom stereocenters. The number of piperidine rings is 1. The fourth-order valence-electron chi connectivity index (χ4n) is 2.37. The zero-order valence-electron chi connectivity index (χ0n) is 10.3. The van der Waals surface area contributed by atoms with Crippen molar-refractivity contribution in [3.63, 3.8) is 0 Å². The topological polar surface area (TPSA) is 20.3 Å². The molecule has 1 aromatic heterocycles. The summed E-state index contributed by atoms with van der Waals surface area (Å²) in [4.78, 5) is 15.2. The molecular weight excluding hydrogens is 254 g/mol. The molecule has 0 bridgehead atoms. The van der Waals surface area contributed by atoms with Crippen LogP contribution in [0, 0.1) is 5.92 Å². The molecule has 0 radical (unpaired) electrons. The van der Waals surface area contributed by atoms with Gasteiger partial charge < -0.3 is 0 Å². The number of thiophene rings is 1. The van der Waals surface area contributed by atoms with E-state index in [4.69, 9.17) is 11.6 Å². The van der Waals surface area contributed by atoms with E-state index in [1.807, 2.05) is 6.07 Å². The van der Waals surface area contributed by atoms with Gasteiger partial charge in [-0.2, -0.15) is 0 Å². The number of rotatable bonds is 3. The largest absolute Gasteiger partial charge is 0.293 e. The SMILES string of the molecule is CC1CCCN(CC(=O)c2ccc(Cl)s2)C1C. The summed E-state index contributed by atoms with van der Waals surface area (Å²) in [5.74, 6) is 0.881. The van der Waals surface area contributed by atoms with Crippen LogP contribution in [0.1, 0.15) is 36.4 Å². The highest BCUT2D eigenvalue weighted by molar-refractivity contribution is 7.18. The molecule has 0 spiro atoms. The van der Waals surface area contributed by atoms with E-state index in [1.165, 1.54) is 24.2 Å². The van der Waals surface area contributed by atoms with Crippen LogP contribution in [0.2, 0.25) is 4.34 Å². The molecule has 1 saturated heterocycles. The summed E-state index contributed by atoms with van der Waals surface area (Å²) in [6.07, 6.45) is 2.47. The Kier molecular flexibility index (Phi) is 4.23. The first-order valence-corrected chi connectivity index (χ1v) is 7.30. The summed E-state index contributed by atoms with van der Waals surface area (Å²) in [6.45, 7) is 6.06. The molecule has 94 valence electrons. The third-order valence-electron chi connectivity index (χ3n) is 3.70. The zero-order chi connectivity index (χ0) is 12.4. The number of carbonyl (C=O) groups is 1. The van der Waals surface area contributed by atoms with Crippen molar-refractivity contribution < 1.29 is 4.79 Å². The summed E-state index contributed by atoms with van der Waals surface area (Å²) < 4.78 is 0.688. The highest BCUT2D eigenvalue weighted by Crippen LogP contribution is 2.25. The third-order valence-corrected chi connectivity index (χ3v) is 4.97. The fraction of sp³-hybridized carbons (Fsp3) is 0.615. The first-order chi connectivity index (χ1) is 8.08. The minimum Gasteiger partial charge on any atom is -0.293 e. The zero-order valence-corrected chi connectivity index (χ0v) is 11.9. The molecule has 0 aliphatic carbocycles. The Morgan fingerprint density at radius 1 is 1.53 bits per heavy atom. The summed E-state index contributed by atoms with van der Waals surface area (Å²) in [5.41, 5.74) is 0. The van der Waals surface area contributed by atoms with Crippen molar-refractivity contribution in [2.75, 3.05) is 13.1 Å². The predicted molar refractivity (Wildman–Crippen MR) is 73.1 cm³/mol. The Bertz CT molecular complexity index is 404. The van der Waals surface area contributed by atoms with Crippen molar-refractivity contribution in [3.05, 3.63) is 21.3 Å². The number of hydrogen-bond acceptors (Lipinski definition) is 3. The van der Waals surface area contributed by atoms with E-state index >= 15 is 0 Å². The van der Waals surface area contributed by atoms with Crippen LogP contribution < -0.4 is 0 Å². The Balaban J connectivity index is 1.98. The van der Waals surface area contributed by atoms with Crippen molar-refractivity contribution in [1.29, 1.82) is 0 Å². The molecule has 17 heavy (non-hydrogen) atoms. The standard InChI is InChI=1S/C13H18ClNOS/c1-9-4-3-7-15(10(9)2)8-11(16)12-5-6-13(14)17-12/h5-6,9-10H,3-4,7-8H2,1-2H3. The Hall–Kier alpha value is -0.380. The van der Waals surface area contributed by atoms with E-state index in [9.17, 15) is 4.79 Å². The van der Waals surface area contributed by atoms with Crippen LogP contribution in [0.5, 0.6) is 0 Å². The van der Waals surface area contributed by atoms with Crippen LogP contribution in [0.25, 0.3) is 0 Å². The average Bonchev–Trinajstić information content (AvgIpc) is 2.72. The smallest absolute Gasteiger partial charge is 0.186 e. The molecule has 2 heterocycles. The molecule has 1 aromatic rings. The fourth-order valence-corrected chi connectivity index (χ4v) is 3.34. The van der Waals surface area contributed by atoms with Crippen LogP contribution in [-0.2, 0) is 0 Å². The Labute approximate surface area is 112 Å². The minimum atomic E-state index is 0.197. The van der Waals surface area contributed by atoms with E-state index in [2.05, 4.69) is 18.7 Å². The van der Waals surface area contributed by atoms with Crippen molar-refractivity contribution >= 4 is 28.7 Å². The summed E-state index contributed by atoms with van der Waals surface area (Å²) in [6, 6.07) is 4.12. The predicted octanol–water partition coefficient (Wildman–Crippen LogP) is 3.70. The van der Waals surface area contributed by atoms with Gasteiger partial charge in [0.25, 0.3) is 0 Å².